The maximum Gasteiger partial charge on any atom is 0.147 e. The SMILES string of the molecule is Cc1cc(-n2nc3ccc(SCc4ccccc4)cc3n2)c(O)c(C(C)(C)C)c1C. The summed E-state index contributed by atoms with van der Waals surface area (Å²) in [4.78, 5) is 2.71. The highest BCUT2D eigenvalue weighted by atomic mass is 32.2. The van der Waals surface area contributed by atoms with Gasteiger partial charge >= 0.3 is 0 Å². The predicted molar refractivity (Wildman–Crippen MR) is 125 cm³/mol. The number of hydrogen-bond acceptors (Lipinski definition) is 4. The van der Waals surface area contributed by atoms with E-state index in [-0.39, 0.29) is 11.2 Å². The van der Waals surface area contributed by atoms with Crippen LogP contribution in [0.25, 0.3) is 16.7 Å². The molecule has 1 N–H and O–H groups in total. The van der Waals surface area contributed by atoms with Crippen LogP contribution >= 0.6 is 11.8 Å². The molecule has 0 saturated carbocycles. The Labute approximate surface area is 181 Å². The molecule has 5 heteroatoms. The number of hydrogen-bond donors (Lipinski definition) is 1. The Bertz CT molecular complexity index is 1210. The zero-order valence-corrected chi connectivity index (χ0v) is 18.9. The van der Waals surface area contributed by atoms with E-state index < -0.39 is 0 Å². The third kappa shape index (κ3) is 3.94. The quantitative estimate of drug-likeness (QED) is 0.394. The van der Waals surface area contributed by atoms with Crippen LogP contribution in [0.5, 0.6) is 5.75 Å². The second kappa shape index (κ2) is 7.80. The summed E-state index contributed by atoms with van der Waals surface area (Å²) in [6.45, 7) is 10.5. The van der Waals surface area contributed by atoms with Crippen LogP contribution in [0.2, 0.25) is 0 Å². The maximum absolute atomic E-state index is 11.1. The van der Waals surface area contributed by atoms with E-state index in [0.717, 1.165) is 38.4 Å². The minimum atomic E-state index is -0.178. The number of phenolic OH excluding ortho intramolecular Hbond substituents is 1. The van der Waals surface area contributed by atoms with Crippen LogP contribution in [-0.2, 0) is 11.2 Å². The number of rotatable bonds is 4. The number of aromatic nitrogens is 3. The van der Waals surface area contributed by atoms with E-state index in [2.05, 4.69) is 81.2 Å². The van der Waals surface area contributed by atoms with Gasteiger partial charge in [0.15, 0.2) is 0 Å². The van der Waals surface area contributed by atoms with E-state index in [1.54, 1.807) is 16.6 Å². The summed E-state index contributed by atoms with van der Waals surface area (Å²) in [6, 6.07) is 18.5. The summed E-state index contributed by atoms with van der Waals surface area (Å²) in [5.41, 5.74) is 6.55. The predicted octanol–water partition coefficient (Wildman–Crippen LogP) is 6.33. The lowest BCUT2D eigenvalue weighted by Crippen LogP contribution is -2.16. The second-order valence-electron chi connectivity index (χ2n) is 8.73. The van der Waals surface area contributed by atoms with Crippen molar-refractivity contribution in [2.45, 2.75) is 50.7 Å². The first kappa shape index (κ1) is 20.5. The fourth-order valence-electron chi connectivity index (χ4n) is 3.79. The molecule has 0 aliphatic heterocycles. The van der Waals surface area contributed by atoms with Crippen LogP contribution in [0.3, 0.4) is 0 Å². The molecule has 0 radical (unpaired) electrons. The van der Waals surface area contributed by atoms with Gasteiger partial charge in [-0.25, -0.2) is 0 Å². The molecule has 0 bridgehead atoms. The van der Waals surface area contributed by atoms with E-state index in [1.165, 1.54) is 5.56 Å². The summed E-state index contributed by atoms with van der Waals surface area (Å²) in [6.07, 6.45) is 0. The number of fused-ring (bicyclic) bond motifs is 1. The summed E-state index contributed by atoms with van der Waals surface area (Å²) in [5.74, 6) is 1.16. The van der Waals surface area contributed by atoms with Gasteiger partial charge in [0.2, 0.25) is 0 Å². The van der Waals surface area contributed by atoms with Crippen molar-refractivity contribution < 1.29 is 5.11 Å². The Morgan fingerprint density at radius 1 is 0.933 bits per heavy atom. The largest absolute Gasteiger partial charge is 0.505 e. The van der Waals surface area contributed by atoms with Gasteiger partial charge in [-0.2, -0.15) is 0 Å². The van der Waals surface area contributed by atoms with Crippen molar-refractivity contribution >= 4 is 22.8 Å². The topological polar surface area (TPSA) is 50.9 Å². The minimum Gasteiger partial charge on any atom is -0.505 e. The third-order valence-electron chi connectivity index (χ3n) is 5.36. The van der Waals surface area contributed by atoms with E-state index in [0.29, 0.717) is 5.69 Å². The normalized spacial score (nSPS) is 11.9. The Morgan fingerprint density at radius 3 is 2.33 bits per heavy atom. The minimum absolute atomic E-state index is 0.178. The summed E-state index contributed by atoms with van der Waals surface area (Å²) < 4.78 is 0. The Kier molecular flexibility index (Phi) is 5.33. The molecule has 0 aliphatic rings. The number of nitrogens with zero attached hydrogens (tertiary/aromatic N) is 3. The smallest absolute Gasteiger partial charge is 0.147 e. The van der Waals surface area contributed by atoms with E-state index in [1.807, 2.05) is 18.2 Å². The number of phenols is 1. The first-order chi connectivity index (χ1) is 14.2. The Balaban J connectivity index is 1.70. The van der Waals surface area contributed by atoms with Crippen LogP contribution in [0, 0.1) is 13.8 Å². The average Bonchev–Trinajstić information content (AvgIpc) is 3.12. The standard InChI is InChI=1S/C25H27N3OS/c1-16-13-22(24(29)23(17(16)2)25(3,4)5)28-26-20-12-11-19(14-21(20)27-28)30-15-18-9-7-6-8-10-18/h6-14,29H,15H2,1-5H3. The van der Waals surface area contributed by atoms with Gasteiger partial charge < -0.3 is 5.11 Å². The van der Waals surface area contributed by atoms with Crippen LogP contribution in [-0.4, -0.2) is 20.1 Å². The molecule has 3 aromatic carbocycles. The molecular weight excluding hydrogens is 390 g/mol. The fraction of sp³-hybridized carbons (Fsp3) is 0.280. The van der Waals surface area contributed by atoms with Gasteiger partial charge in [0, 0.05) is 16.2 Å². The van der Waals surface area contributed by atoms with Gasteiger partial charge in [0.25, 0.3) is 0 Å². The molecule has 0 saturated heterocycles. The summed E-state index contributed by atoms with van der Waals surface area (Å²) >= 11 is 1.78. The Hall–Kier alpha value is -2.79. The molecule has 1 aromatic heterocycles. The average molecular weight is 418 g/mol. The van der Waals surface area contributed by atoms with Crippen molar-refractivity contribution in [1.82, 2.24) is 15.0 Å². The molecule has 0 spiro atoms. The lowest BCUT2D eigenvalue weighted by molar-refractivity contribution is 0.438. The van der Waals surface area contributed by atoms with Crippen LogP contribution in [0.1, 0.15) is 43.0 Å². The highest BCUT2D eigenvalue weighted by Gasteiger charge is 2.25. The van der Waals surface area contributed by atoms with Crippen molar-refractivity contribution in [2.75, 3.05) is 0 Å². The highest BCUT2D eigenvalue weighted by molar-refractivity contribution is 7.98. The molecule has 154 valence electrons. The van der Waals surface area contributed by atoms with E-state index >= 15 is 0 Å². The molecule has 4 aromatic rings. The summed E-state index contributed by atoms with van der Waals surface area (Å²) in [5, 5.41) is 20.4. The van der Waals surface area contributed by atoms with Crippen LogP contribution < -0.4 is 0 Å². The Morgan fingerprint density at radius 2 is 1.63 bits per heavy atom. The molecule has 4 nitrogen and oxygen atoms in total. The number of thioether (sulfide) groups is 1. The first-order valence-corrected chi connectivity index (χ1v) is 11.1. The molecule has 0 amide bonds. The van der Waals surface area contributed by atoms with Crippen molar-refractivity contribution in [3.05, 3.63) is 76.9 Å². The van der Waals surface area contributed by atoms with Gasteiger partial charge in [-0.1, -0.05) is 51.1 Å². The molecule has 0 atom stereocenters. The van der Waals surface area contributed by atoms with Crippen molar-refractivity contribution in [3.63, 3.8) is 0 Å². The zero-order chi connectivity index (χ0) is 21.5. The van der Waals surface area contributed by atoms with Gasteiger partial charge in [0.05, 0.1) is 0 Å². The number of benzene rings is 3. The molecule has 30 heavy (non-hydrogen) atoms. The van der Waals surface area contributed by atoms with Gasteiger partial charge in [-0.3, -0.25) is 0 Å². The molecule has 0 unspecified atom stereocenters. The number of aromatic hydroxyl groups is 1. The molecular formula is C25H27N3OS. The van der Waals surface area contributed by atoms with Crippen LogP contribution in [0.4, 0.5) is 0 Å². The highest BCUT2D eigenvalue weighted by Crippen LogP contribution is 2.39. The van der Waals surface area contributed by atoms with E-state index in [4.69, 9.17) is 0 Å². The van der Waals surface area contributed by atoms with Gasteiger partial charge in [0.1, 0.15) is 22.5 Å². The maximum atomic E-state index is 11.1. The molecule has 0 aliphatic carbocycles. The molecule has 1 heterocycles. The van der Waals surface area contributed by atoms with Gasteiger partial charge in [-0.15, -0.1) is 26.8 Å². The lowest BCUT2D eigenvalue weighted by Gasteiger charge is -2.25. The molecule has 4 rings (SSSR count). The van der Waals surface area contributed by atoms with Gasteiger partial charge in [-0.05, 0) is 60.2 Å². The van der Waals surface area contributed by atoms with Crippen molar-refractivity contribution in [3.8, 4) is 11.4 Å². The zero-order valence-electron chi connectivity index (χ0n) is 18.1. The second-order valence-corrected chi connectivity index (χ2v) is 9.77. The summed E-state index contributed by atoms with van der Waals surface area (Å²) in [7, 11) is 0. The monoisotopic (exact) mass is 417 g/mol. The fourth-order valence-corrected chi connectivity index (χ4v) is 4.67. The third-order valence-corrected chi connectivity index (χ3v) is 6.43. The van der Waals surface area contributed by atoms with Crippen molar-refractivity contribution in [2.24, 2.45) is 0 Å². The first-order valence-electron chi connectivity index (χ1n) is 10.1. The lowest BCUT2D eigenvalue weighted by atomic mass is 9.81. The van der Waals surface area contributed by atoms with Crippen LogP contribution in [0.15, 0.2) is 59.5 Å². The van der Waals surface area contributed by atoms with Crippen molar-refractivity contribution in [1.29, 1.82) is 0 Å². The van der Waals surface area contributed by atoms with E-state index in [9.17, 15) is 5.11 Å². The molecule has 0 fully saturated rings. The number of aryl methyl sites for hydroxylation is 1.